The van der Waals surface area contributed by atoms with Crippen LogP contribution in [0.2, 0.25) is 0 Å². The highest BCUT2D eigenvalue weighted by atomic mass is 16.3. The van der Waals surface area contributed by atoms with Crippen molar-refractivity contribution in [2.75, 3.05) is 32.8 Å². The Kier molecular flexibility index (Phi) is 4.97. The summed E-state index contributed by atoms with van der Waals surface area (Å²) in [7, 11) is 0. The van der Waals surface area contributed by atoms with Gasteiger partial charge in [-0.05, 0) is 32.1 Å². The largest absolute Gasteiger partial charge is 0.395 e. The number of amides is 1. The van der Waals surface area contributed by atoms with E-state index >= 15 is 0 Å². The Bertz CT molecular complexity index is 273. The third kappa shape index (κ3) is 3.43. The number of aliphatic hydroxyl groups excluding tert-OH is 1. The zero-order valence-corrected chi connectivity index (χ0v) is 11.1. The van der Waals surface area contributed by atoms with E-state index in [0.717, 1.165) is 38.8 Å². The fourth-order valence-electron chi connectivity index (χ4n) is 2.71. The molecule has 1 aliphatic heterocycles. The molecule has 0 spiro atoms. The van der Waals surface area contributed by atoms with E-state index in [9.17, 15) is 4.79 Å². The Morgan fingerprint density at radius 1 is 1.28 bits per heavy atom. The minimum atomic E-state index is 0.0626. The molecule has 0 atom stereocenters. The smallest absolute Gasteiger partial charge is 0.237 e. The maximum atomic E-state index is 12.3. The van der Waals surface area contributed by atoms with E-state index in [2.05, 4.69) is 4.90 Å². The topological polar surface area (TPSA) is 69.8 Å². The highest BCUT2D eigenvalue weighted by Gasteiger charge is 2.29. The summed E-state index contributed by atoms with van der Waals surface area (Å²) in [6, 6.07) is 0.674. The molecule has 2 aliphatic rings. The van der Waals surface area contributed by atoms with Gasteiger partial charge in [-0.2, -0.15) is 0 Å². The highest BCUT2D eigenvalue weighted by molar-refractivity contribution is 5.78. The van der Waals surface area contributed by atoms with Gasteiger partial charge in [-0.25, -0.2) is 0 Å². The molecule has 1 saturated carbocycles. The number of aliphatic hydroxyl groups is 1. The van der Waals surface area contributed by atoms with Crippen LogP contribution in [0.1, 0.15) is 32.1 Å². The minimum Gasteiger partial charge on any atom is -0.395 e. The van der Waals surface area contributed by atoms with Crippen LogP contribution in [0.5, 0.6) is 0 Å². The molecule has 2 fully saturated rings. The zero-order chi connectivity index (χ0) is 13.0. The Morgan fingerprint density at radius 2 is 1.94 bits per heavy atom. The van der Waals surface area contributed by atoms with Crippen LogP contribution in [0.15, 0.2) is 0 Å². The van der Waals surface area contributed by atoms with Gasteiger partial charge >= 0.3 is 0 Å². The summed E-state index contributed by atoms with van der Waals surface area (Å²) in [5.74, 6) is 0.171. The van der Waals surface area contributed by atoms with Gasteiger partial charge in [0.05, 0.1) is 13.2 Å². The van der Waals surface area contributed by atoms with Gasteiger partial charge in [0, 0.05) is 31.7 Å². The fourth-order valence-corrected chi connectivity index (χ4v) is 2.71. The van der Waals surface area contributed by atoms with Crippen molar-refractivity contribution in [1.29, 1.82) is 0 Å². The van der Waals surface area contributed by atoms with Crippen molar-refractivity contribution in [2.45, 2.75) is 44.2 Å². The third-order valence-electron chi connectivity index (χ3n) is 4.17. The van der Waals surface area contributed by atoms with Crippen molar-refractivity contribution >= 4 is 5.91 Å². The van der Waals surface area contributed by atoms with E-state index < -0.39 is 0 Å². The van der Waals surface area contributed by atoms with Crippen molar-refractivity contribution in [2.24, 2.45) is 5.73 Å². The molecule has 0 radical (unpaired) electrons. The van der Waals surface area contributed by atoms with E-state index in [1.807, 2.05) is 4.90 Å². The monoisotopic (exact) mass is 255 g/mol. The molecule has 104 valence electrons. The van der Waals surface area contributed by atoms with Crippen LogP contribution in [-0.2, 0) is 4.79 Å². The number of likely N-dealkylation sites (tertiary alicyclic amines) is 1. The standard InChI is InChI=1S/C13H25N3O2/c14-11-4-6-15(7-5-11)10-13(18)16(8-9-17)12-2-1-3-12/h11-12,17H,1-10,14H2. The van der Waals surface area contributed by atoms with Gasteiger partial charge in [0.1, 0.15) is 0 Å². The summed E-state index contributed by atoms with van der Waals surface area (Å²) < 4.78 is 0. The second-order valence-corrected chi connectivity index (χ2v) is 5.51. The van der Waals surface area contributed by atoms with E-state index in [0.29, 0.717) is 25.2 Å². The molecule has 0 aromatic rings. The van der Waals surface area contributed by atoms with Gasteiger partial charge in [0.25, 0.3) is 0 Å². The predicted molar refractivity (Wildman–Crippen MR) is 70.1 cm³/mol. The van der Waals surface area contributed by atoms with Gasteiger partial charge < -0.3 is 15.7 Å². The molecule has 1 amide bonds. The Hall–Kier alpha value is -0.650. The van der Waals surface area contributed by atoms with Crippen molar-refractivity contribution in [3.05, 3.63) is 0 Å². The SMILES string of the molecule is NC1CCN(CC(=O)N(CCO)C2CCC2)CC1. The quantitative estimate of drug-likeness (QED) is 0.713. The van der Waals surface area contributed by atoms with Gasteiger partial charge in [-0.15, -0.1) is 0 Å². The first-order chi connectivity index (χ1) is 8.70. The molecule has 0 aromatic carbocycles. The van der Waals surface area contributed by atoms with Gasteiger partial charge in [-0.1, -0.05) is 0 Å². The summed E-state index contributed by atoms with van der Waals surface area (Å²) in [6.45, 7) is 2.88. The third-order valence-corrected chi connectivity index (χ3v) is 4.17. The fraction of sp³-hybridized carbons (Fsp3) is 0.923. The maximum Gasteiger partial charge on any atom is 0.237 e. The van der Waals surface area contributed by atoms with Crippen molar-refractivity contribution in [3.63, 3.8) is 0 Å². The van der Waals surface area contributed by atoms with Crippen LogP contribution < -0.4 is 5.73 Å². The van der Waals surface area contributed by atoms with Crippen LogP contribution in [0.4, 0.5) is 0 Å². The highest BCUT2D eigenvalue weighted by Crippen LogP contribution is 2.24. The lowest BCUT2D eigenvalue weighted by atomic mass is 9.91. The van der Waals surface area contributed by atoms with E-state index in [1.165, 1.54) is 6.42 Å². The molecule has 5 heteroatoms. The number of carbonyl (C=O) groups is 1. The Balaban J connectivity index is 1.80. The molecule has 2 rings (SSSR count). The lowest BCUT2D eigenvalue weighted by Gasteiger charge is -2.39. The second kappa shape index (κ2) is 6.50. The Labute approximate surface area is 109 Å². The van der Waals surface area contributed by atoms with Gasteiger partial charge in [0.2, 0.25) is 5.91 Å². The molecule has 1 aliphatic carbocycles. The van der Waals surface area contributed by atoms with Gasteiger partial charge in [-0.3, -0.25) is 9.69 Å². The molecular weight excluding hydrogens is 230 g/mol. The minimum absolute atomic E-state index is 0.0626. The van der Waals surface area contributed by atoms with Crippen LogP contribution in [0.25, 0.3) is 0 Å². The molecule has 18 heavy (non-hydrogen) atoms. The van der Waals surface area contributed by atoms with Crippen LogP contribution in [0.3, 0.4) is 0 Å². The summed E-state index contributed by atoms with van der Waals surface area (Å²) in [5.41, 5.74) is 5.86. The average molecular weight is 255 g/mol. The number of nitrogens with zero attached hydrogens (tertiary/aromatic N) is 2. The van der Waals surface area contributed by atoms with Gasteiger partial charge in [0.15, 0.2) is 0 Å². The lowest BCUT2D eigenvalue weighted by molar-refractivity contribution is -0.137. The average Bonchev–Trinajstić information content (AvgIpc) is 2.29. The molecule has 3 N–H and O–H groups in total. The summed E-state index contributed by atoms with van der Waals surface area (Å²) in [6.07, 6.45) is 5.36. The molecule has 1 heterocycles. The first-order valence-corrected chi connectivity index (χ1v) is 7.09. The Morgan fingerprint density at radius 3 is 2.44 bits per heavy atom. The molecule has 0 unspecified atom stereocenters. The number of carbonyl (C=O) groups excluding carboxylic acids is 1. The van der Waals surface area contributed by atoms with E-state index in [1.54, 1.807) is 0 Å². The lowest BCUT2D eigenvalue weighted by Crippen LogP contribution is -2.51. The van der Waals surface area contributed by atoms with Crippen LogP contribution in [-0.4, -0.2) is 65.7 Å². The molecular formula is C13H25N3O2. The van der Waals surface area contributed by atoms with Crippen LogP contribution in [0, 0.1) is 0 Å². The summed E-state index contributed by atoms with van der Waals surface area (Å²) >= 11 is 0. The molecule has 0 bridgehead atoms. The number of piperidine rings is 1. The first kappa shape index (κ1) is 13.8. The normalized spacial score (nSPS) is 22.8. The molecule has 0 aromatic heterocycles. The number of rotatable bonds is 5. The predicted octanol–water partition coefficient (Wildman–Crippen LogP) is -0.217. The number of hydrogen-bond donors (Lipinski definition) is 2. The van der Waals surface area contributed by atoms with Crippen molar-refractivity contribution in [1.82, 2.24) is 9.80 Å². The van der Waals surface area contributed by atoms with E-state index in [4.69, 9.17) is 10.8 Å². The number of nitrogens with two attached hydrogens (primary N) is 1. The van der Waals surface area contributed by atoms with Crippen molar-refractivity contribution in [3.8, 4) is 0 Å². The first-order valence-electron chi connectivity index (χ1n) is 7.09. The summed E-state index contributed by atoms with van der Waals surface area (Å²) in [5, 5.41) is 9.07. The van der Waals surface area contributed by atoms with Crippen molar-refractivity contribution < 1.29 is 9.90 Å². The summed E-state index contributed by atoms with van der Waals surface area (Å²) in [4.78, 5) is 16.3. The second-order valence-electron chi connectivity index (χ2n) is 5.51. The molecule has 5 nitrogen and oxygen atoms in total. The zero-order valence-electron chi connectivity index (χ0n) is 11.1. The maximum absolute atomic E-state index is 12.3. The number of hydrogen-bond acceptors (Lipinski definition) is 4. The van der Waals surface area contributed by atoms with Crippen LogP contribution >= 0.6 is 0 Å². The molecule has 1 saturated heterocycles. The van der Waals surface area contributed by atoms with E-state index in [-0.39, 0.29) is 12.5 Å².